The minimum absolute atomic E-state index is 0. The van der Waals surface area contributed by atoms with E-state index in [1.165, 1.54) is 0 Å². The predicted octanol–water partition coefficient (Wildman–Crippen LogP) is -1.14. The van der Waals surface area contributed by atoms with E-state index < -0.39 is 0 Å². The summed E-state index contributed by atoms with van der Waals surface area (Å²) in [5.74, 6) is 0. The van der Waals surface area contributed by atoms with E-state index in [4.69, 9.17) is 0 Å². The van der Waals surface area contributed by atoms with Gasteiger partial charge in [0.2, 0.25) is 0 Å². The van der Waals surface area contributed by atoms with Crippen molar-refractivity contribution < 1.29 is 27.3 Å². The molecule has 0 N–H and O–H groups in total. The van der Waals surface area contributed by atoms with E-state index in [0.717, 1.165) is 0 Å². The Hall–Kier alpha value is 3.02. The van der Waals surface area contributed by atoms with Crippen LogP contribution in [0.5, 0.6) is 0 Å². The zero-order valence-electron chi connectivity index (χ0n) is 1.93. The molecule has 0 heterocycles. The second-order valence-electron chi connectivity index (χ2n) is 0. The van der Waals surface area contributed by atoms with Crippen LogP contribution in [0, 0.1) is 0 Å². The van der Waals surface area contributed by atoms with Gasteiger partial charge < -0.3 is 47.3 Å². The molecule has 0 atom stereocenters. The number of hydrogen-bond donors (Lipinski definition) is 0. The Labute approximate surface area is 89.9 Å². The third kappa shape index (κ3) is 8.90. The fourth-order valence-electron chi connectivity index (χ4n) is 0. The summed E-state index contributed by atoms with van der Waals surface area (Å²) >= 11 is 0. The van der Waals surface area contributed by atoms with Crippen LogP contribution in [0.3, 0.4) is 0 Å². The molecule has 0 aliphatic carbocycles. The van der Waals surface area contributed by atoms with Gasteiger partial charge in [-0.3, -0.25) is 0 Å². The van der Waals surface area contributed by atoms with Crippen LogP contribution in [-0.2, 0) is 27.3 Å². The fraction of sp³-hybridized carbons (Fsp3) is 0. The van der Waals surface area contributed by atoms with E-state index in [-0.39, 0.29) is 91.7 Å². The maximum Gasteiger partial charge on any atom is 2.00 e. The molecule has 0 aliphatic heterocycles. The molecule has 0 bridgehead atoms. The van der Waals surface area contributed by atoms with Gasteiger partial charge in [-0.05, 0) is 0 Å². The molecule has 0 saturated carbocycles. The quantitative estimate of drug-likeness (QED) is 0.413. The molecule has 4 heavy (non-hydrogen) atoms. The van der Waals surface area contributed by atoms with Crippen LogP contribution in [0.2, 0.25) is 0 Å². The Bertz CT molecular complexity index is 6.00. The van der Waals surface area contributed by atoms with Gasteiger partial charge in [-0.2, -0.15) is 0 Å². The molecule has 0 spiro atoms. The van der Waals surface area contributed by atoms with Gasteiger partial charge in [0.05, 0.1) is 0 Å². The Morgan fingerprint density at radius 3 is 0.750 bits per heavy atom. The predicted molar refractivity (Wildman–Crippen MR) is 17.3 cm³/mol. The molecule has 20 valence electrons. The second kappa shape index (κ2) is 16.6. The summed E-state index contributed by atoms with van der Waals surface area (Å²) in [6, 6.07) is 0. The Kier molecular flexibility index (Phi) is 116. The van der Waals surface area contributed by atoms with Crippen molar-refractivity contribution >= 4 is 64.4 Å². The average Bonchev–Trinajstić information content (AvgIpc) is 0. The van der Waals surface area contributed by atoms with Crippen LogP contribution in [0.25, 0.3) is 0 Å². The van der Waals surface area contributed by atoms with Crippen LogP contribution >= 0.6 is 0 Å². The van der Waals surface area contributed by atoms with Gasteiger partial charge in [0.15, 0.2) is 0 Å². The summed E-state index contributed by atoms with van der Waals surface area (Å²) in [4.78, 5) is 0. The summed E-state index contributed by atoms with van der Waals surface area (Å²) in [6.45, 7) is 0. The van der Waals surface area contributed by atoms with Crippen molar-refractivity contribution in [3.8, 4) is 0 Å². The maximum absolute atomic E-state index is 0. The van der Waals surface area contributed by atoms with E-state index in [0.29, 0.717) is 0 Å². The minimum Gasteiger partial charge on any atom is -2.00 e. The Morgan fingerprint density at radius 2 is 0.750 bits per heavy atom. The van der Waals surface area contributed by atoms with Gasteiger partial charge in [-0.1, -0.05) is 0 Å². The zero-order chi connectivity index (χ0) is 0. The third-order valence-corrected chi connectivity index (χ3v) is 0. The van der Waals surface area contributed by atoms with Gasteiger partial charge in [0.25, 0.3) is 0 Å². The zero-order valence-corrected chi connectivity index (χ0v) is 12.3. The van der Waals surface area contributed by atoms with Gasteiger partial charge in [0, 0.05) is 0 Å². The number of hydrogen-bond acceptors (Lipinski definition) is 0. The van der Waals surface area contributed by atoms with Crippen molar-refractivity contribution in [2.24, 2.45) is 0 Å². The van der Waals surface area contributed by atoms with E-state index in [1.807, 2.05) is 0 Å². The summed E-state index contributed by atoms with van der Waals surface area (Å²) in [5.41, 5.74) is 0. The summed E-state index contributed by atoms with van der Waals surface area (Å²) in [7, 11) is 0. The van der Waals surface area contributed by atoms with E-state index in [9.17, 15) is 0 Å². The van der Waals surface area contributed by atoms with Crippen molar-refractivity contribution in [2.45, 2.75) is 0 Å². The first kappa shape index (κ1) is 27.9. The molecule has 0 fully saturated rings. The molecule has 0 aromatic carbocycles. The normalized spacial score (nSPS) is 0. The molecule has 0 rings (SSSR count). The second-order valence-corrected chi connectivity index (χ2v) is 0. The van der Waals surface area contributed by atoms with E-state index >= 15 is 0 Å². The first-order valence-corrected chi connectivity index (χ1v) is 0. The first-order chi connectivity index (χ1) is 0. The molecule has 0 saturated heterocycles. The Balaban J connectivity index is 0. The monoisotopic (exact) mass is 454 g/mol. The van der Waals surface area contributed by atoms with Crippen molar-refractivity contribution in [1.29, 1.82) is 0 Å². The van der Waals surface area contributed by atoms with Crippen LogP contribution in [0.1, 0.15) is 0 Å². The van der Waals surface area contributed by atoms with Crippen LogP contribution in [-0.4, -0.2) is 64.4 Å². The van der Waals surface area contributed by atoms with Crippen LogP contribution in [0.15, 0.2) is 0 Å². The van der Waals surface area contributed by atoms with Crippen LogP contribution < -0.4 is 0 Å². The van der Waals surface area contributed by atoms with Crippen LogP contribution in [0.4, 0.5) is 0 Å². The number of rotatable bonds is 0. The van der Waals surface area contributed by atoms with Crippen molar-refractivity contribution in [1.82, 2.24) is 0 Å². The molecule has 0 amide bonds. The fourth-order valence-corrected chi connectivity index (χ4v) is 0. The Morgan fingerprint density at radius 1 is 0.750 bits per heavy atom. The standard InChI is InChI=1S/Cd.Se.2Te/q2*+2;2*-2. The smallest absolute Gasteiger partial charge is 2.00 e. The molecular weight excluding hydrogens is 447 g/mol. The molecular formula is CdSeTe2. The molecule has 0 aromatic heterocycles. The summed E-state index contributed by atoms with van der Waals surface area (Å²) < 4.78 is 0. The van der Waals surface area contributed by atoms with Crippen molar-refractivity contribution in [2.75, 3.05) is 0 Å². The van der Waals surface area contributed by atoms with Gasteiger partial charge in [-0.15, -0.1) is 0 Å². The molecule has 4 radical (unpaired) electrons. The van der Waals surface area contributed by atoms with E-state index in [2.05, 4.69) is 0 Å². The van der Waals surface area contributed by atoms with Gasteiger partial charge in [-0.25, -0.2) is 0 Å². The van der Waals surface area contributed by atoms with Crippen molar-refractivity contribution in [3.63, 3.8) is 0 Å². The first-order valence-electron chi connectivity index (χ1n) is 0. The topological polar surface area (TPSA) is 0 Å². The average molecular weight is 447 g/mol. The van der Waals surface area contributed by atoms with E-state index in [1.54, 1.807) is 0 Å². The van der Waals surface area contributed by atoms with Crippen molar-refractivity contribution in [3.05, 3.63) is 0 Å². The maximum atomic E-state index is 0. The SMILES string of the molecule is [Cd+2].[Se+2].[Te-2].[Te-2]. The molecule has 0 nitrogen and oxygen atoms in total. The third-order valence-electron chi connectivity index (χ3n) is 0. The van der Waals surface area contributed by atoms with Gasteiger partial charge in [0.1, 0.15) is 0 Å². The van der Waals surface area contributed by atoms with Gasteiger partial charge >= 0.3 is 44.4 Å². The molecule has 0 aliphatic rings. The molecule has 0 aromatic rings. The minimum atomic E-state index is 0. The summed E-state index contributed by atoms with van der Waals surface area (Å²) in [6.07, 6.45) is 0. The molecule has 4 heteroatoms. The summed E-state index contributed by atoms with van der Waals surface area (Å²) in [5, 5.41) is 0. The molecule has 0 unspecified atom stereocenters. The largest absolute Gasteiger partial charge is 2.00 e.